The second-order valence-corrected chi connectivity index (χ2v) is 4.87. The molecule has 2 aromatic rings. The first-order chi connectivity index (χ1) is 10.5. The molecule has 114 valence electrons. The van der Waals surface area contributed by atoms with E-state index in [0.29, 0.717) is 5.56 Å². The lowest BCUT2D eigenvalue weighted by molar-refractivity contribution is -0.384. The lowest BCUT2D eigenvalue weighted by atomic mass is 10.1. The molecule has 0 aliphatic heterocycles. The second kappa shape index (κ2) is 6.82. The van der Waals surface area contributed by atoms with E-state index >= 15 is 0 Å². The number of nitrogens with zero attached hydrogens (tertiary/aromatic N) is 1. The second-order valence-electron chi connectivity index (χ2n) is 4.87. The van der Waals surface area contributed by atoms with Gasteiger partial charge in [-0.25, -0.2) is 0 Å². The molecular weight excluding hydrogens is 284 g/mol. The first-order valence-electron chi connectivity index (χ1n) is 6.74. The molecule has 0 fully saturated rings. The number of aryl methyl sites for hydroxylation is 1. The van der Waals surface area contributed by atoms with Crippen molar-refractivity contribution in [2.24, 2.45) is 0 Å². The molecule has 0 atom stereocenters. The molecule has 6 nitrogen and oxygen atoms in total. The Labute approximate surface area is 127 Å². The van der Waals surface area contributed by atoms with Crippen LogP contribution in [-0.4, -0.2) is 15.9 Å². The lowest BCUT2D eigenvalue weighted by Gasteiger charge is -2.10. The Morgan fingerprint density at radius 1 is 1.23 bits per heavy atom. The van der Waals surface area contributed by atoms with Gasteiger partial charge in [-0.3, -0.25) is 14.9 Å². The normalized spacial score (nSPS) is 10.3. The maximum absolute atomic E-state index is 12.2. The van der Waals surface area contributed by atoms with Gasteiger partial charge in [0.25, 0.3) is 11.6 Å². The summed E-state index contributed by atoms with van der Waals surface area (Å²) in [5.41, 5.74) is 2.36. The van der Waals surface area contributed by atoms with Crippen molar-refractivity contribution in [3.63, 3.8) is 0 Å². The van der Waals surface area contributed by atoms with Crippen LogP contribution in [0.3, 0.4) is 0 Å². The lowest BCUT2D eigenvalue weighted by Crippen LogP contribution is -2.24. The zero-order chi connectivity index (χ0) is 16.1. The zero-order valence-electron chi connectivity index (χ0n) is 12.1. The Hall–Kier alpha value is -2.73. The van der Waals surface area contributed by atoms with Gasteiger partial charge in [-0.2, -0.15) is 0 Å². The molecule has 0 unspecified atom stereocenters. The number of carbonyl (C=O) groups excluding carboxylic acids is 1. The van der Waals surface area contributed by atoms with E-state index in [0.717, 1.165) is 11.1 Å². The highest BCUT2D eigenvalue weighted by Crippen LogP contribution is 2.17. The minimum Gasteiger partial charge on any atom is -0.392 e. The van der Waals surface area contributed by atoms with E-state index in [-0.39, 0.29) is 30.3 Å². The monoisotopic (exact) mass is 300 g/mol. The fourth-order valence-electron chi connectivity index (χ4n) is 2.12. The number of benzene rings is 2. The largest absolute Gasteiger partial charge is 0.392 e. The van der Waals surface area contributed by atoms with Gasteiger partial charge >= 0.3 is 0 Å². The smallest absolute Gasteiger partial charge is 0.270 e. The highest BCUT2D eigenvalue weighted by molar-refractivity contribution is 5.96. The van der Waals surface area contributed by atoms with Crippen LogP contribution in [0.25, 0.3) is 0 Å². The van der Waals surface area contributed by atoms with Crippen LogP contribution in [0, 0.1) is 17.0 Å². The van der Waals surface area contributed by atoms with Crippen LogP contribution < -0.4 is 5.32 Å². The summed E-state index contributed by atoms with van der Waals surface area (Å²) in [6, 6.07) is 11.4. The Morgan fingerprint density at radius 2 is 1.91 bits per heavy atom. The summed E-state index contributed by atoms with van der Waals surface area (Å²) in [5.74, 6) is -0.381. The molecule has 0 bridgehead atoms. The molecule has 6 heteroatoms. The van der Waals surface area contributed by atoms with E-state index in [1.807, 2.05) is 18.2 Å². The third-order valence-corrected chi connectivity index (χ3v) is 3.40. The molecule has 0 aliphatic rings. The van der Waals surface area contributed by atoms with Crippen LogP contribution in [0.5, 0.6) is 0 Å². The molecule has 0 radical (unpaired) electrons. The Bertz CT molecular complexity index is 713. The number of hydrogen-bond acceptors (Lipinski definition) is 4. The van der Waals surface area contributed by atoms with Crippen molar-refractivity contribution in [2.45, 2.75) is 20.1 Å². The summed E-state index contributed by atoms with van der Waals surface area (Å²) in [7, 11) is 0. The zero-order valence-corrected chi connectivity index (χ0v) is 12.1. The summed E-state index contributed by atoms with van der Waals surface area (Å²) in [6.45, 7) is 1.86. The molecule has 0 aromatic heterocycles. The first kappa shape index (κ1) is 15.7. The van der Waals surface area contributed by atoms with E-state index in [1.54, 1.807) is 19.1 Å². The summed E-state index contributed by atoms with van der Waals surface area (Å²) >= 11 is 0. The van der Waals surface area contributed by atoms with Gasteiger partial charge in [0.2, 0.25) is 0 Å². The topological polar surface area (TPSA) is 92.5 Å². The molecule has 0 spiro atoms. The van der Waals surface area contributed by atoms with Gasteiger partial charge < -0.3 is 10.4 Å². The van der Waals surface area contributed by atoms with E-state index < -0.39 is 4.92 Å². The molecule has 2 aromatic carbocycles. The van der Waals surface area contributed by atoms with E-state index in [2.05, 4.69) is 5.32 Å². The minimum absolute atomic E-state index is 0.109. The SMILES string of the molecule is Cc1ccc([N+](=O)[O-])cc1C(=O)NCc1ccccc1CO. The van der Waals surface area contributed by atoms with E-state index in [4.69, 9.17) is 0 Å². The van der Waals surface area contributed by atoms with Gasteiger partial charge in [0.1, 0.15) is 0 Å². The van der Waals surface area contributed by atoms with Crippen molar-refractivity contribution in [2.75, 3.05) is 0 Å². The van der Waals surface area contributed by atoms with E-state index in [1.165, 1.54) is 12.1 Å². The van der Waals surface area contributed by atoms with Crippen molar-refractivity contribution < 1.29 is 14.8 Å². The standard InChI is InChI=1S/C16H16N2O4/c1-11-6-7-14(18(21)22)8-15(11)16(20)17-9-12-4-2-3-5-13(12)10-19/h2-8,19H,9-10H2,1H3,(H,17,20). The van der Waals surface area contributed by atoms with Crippen molar-refractivity contribution in [1.82, 2.24) is 5.32 Å². The summed E-state index contributed by atoms with van der Waals surface area (Å²) < 4.78 is 0. The number of nitro benzene ring substituents is 1. The molecule has 0 heterocycles. The molecule has 0 saturated carbocycles. The minimum atomic E-state index is -0.530. The predicted octanol–water partition coefficient (Wildman–Crippen LogP) is 2.33. The van der Waals surface area contributed by atoms with Crippen molar-refractivity contribution in [1.29, 1.82) is 0 Å². The maximum Gasteiger partial charge on any atom is 0.270 e. The molecule has 0 saturated heterocycles. The molecule has 2 rings (SSSR count). The molecule has 2 N–H and O–H groups in total. The summed E-state index contributed by atoms with van der Waals surface area (Å²) in [6.07, 6.45) is 0. The van der Waals surface area contributed by atoms with Crippen LogP contribution in [0.2, 0.25) is 0 Å². The van der Waals surface area contributed by atoms with Gasteiger partial charge in [0, 0.05) is 24.2 Å². The van der Waals surface area contributed by atoms with Crippen LogP contribution >= 0.6 is 0 Å². The number of aliphatic hydroxyl groups is 1. The number of aliphatic hydroxyl groups excluding tert-OH is 1. The third-order valence-electron chi connectivity index (χ3n) is 3.40. The number of hydrogen-bond donors (Lipinski definition) is 2. The Morgan fingerprint density at radius 3 is 2.55 bits per heavy atom. The first-order valence-corrected chi connectivity index (χ1v) is 6.74. The average Bonchev–Trinajstić information content (AvgIpc) is 2.53. The van der Waals surface area contributed by atoms with Crippen LogP contribution in [0.4, 0.5) is 5.69 Å². The fraction of sp³-hybridized carbons (Fsp3) is 0.188. The predicted molar refractivity (Wildman–Crippen MR) is 81.4 cm³/mol. The molecule has 1 amide bonds. The van der Waals surface area contributed by atoms with Crippen LogP contribution in [0.1, 0.15) is 27.0 Å². The van der Waals surface area contributed by atoms with Gasteiger partial charge in [0.05, 0.1) is 11.5 Å². The highest BCUT2D eigenvalue weighted by Gasteiger charge is 2.14. The number of non-ortho nitro benzene ring substituents is 1. The van der Waals surface area contributed by atoms with Gasteiger partial charge in [-0.1, -0.05) is 30.3 Å². The number of rotatable bonds is 5. The van der Waals surface area contributed by atoms with Gasteiger partial charge in [-0.05, 0) is 23.6 Å². The number of carbonyl (C=O) groups is 1. The van der Waals surface area contributed by atoms with E-state index in [9.17, 15) is 20.0 Å². The number of amides is 1. The number of nitro groups is 1. The molecule has 22 heavy (non-hydrogen) atoms. The van der Waals surface area contributed by atoms with Crippen LogP contribution in [0.15, 0.2) is 42.5 Å². The highest BCUT2D eigenvalue weighted by atomic mass is 16.6. The van der Waals surface area contributed by atoms with Crippen molar-refractivity contribution in [3.8, 4) is 0 Å². The Kier molecular flexibility index (Phi) is 4.85. The fourth-order valence-corrected chi connectivity index (χ4v) is 2.12. The third kappa shape index (κ3) is 3.48. The Balaban J connectivity index is 2.16. The van der Waals surface area contributed by atoms with Gasteiger partial charge in [-0.15, -0.1) is 0 Å². The van der Waals surface area contributed by atoms with Crippen molar-refractivity contribution >= 4 is 11.6 Å². The molecular formula is C16H16N2O4. The van der Waals surface area contributed by atoms with Crippen LogP contribution in [-0.2, 0) is 13.2 Å². The maximum atomic E-state index is 12.2. The summed E-state index contributed by atoms with van der Waals surface area (Å²) in [4.78, 5) is 22.5. The number of nitrogens with one attached hydrogen (secondary N) is 1. The summed E-state index contributed by atoms with van der Waals surface area (Å²) in [5, 5.41) is 22.8. The van der Waals surface area contributed by atoms with Crippen molar-refractivity contribution in [3.05, 3.63) is 74.8 Å². The quantitative estimate of drug-likeness (QED) is 0.654. The average molecular weight is 300 g/mol. The molecule has 0 aliphatic carbocycles. The van der Waals surface area contributed by atoms with Gasteiger partial charge in [0.15, 0.2) is 0 Å².